The molecule has 2 aromatic carbocycles. The monoisotopic (exact) mass is 424 g/mol. The van der Waals surface area contributed by atoms with Crippen LogP contribution in [0.15, 0.2) is 49.1 Å². The molecule has 1 aliphatic rings. The van der Waals surface area contributed by atoms with Crippen LogP contribution in [-0.2, 0) is 9.59 Å². The van der Waals surface area contributed by atoms with Gasteiger partial charge in [0, 0.05) is 37.8 Å². The van der Waals surface area contributed by atoms with Crippen LogP contribution < -0.4 is 5.32 Å². The number of rotatable bonds is 5. The molecular weight excluding hydrogens is 404 g/mol. The summed E-state index contributed by atoms with van der Waals surface area (Å²) in [5.41, 5.74) is 2.38. The van der Waals surface area contributed by atoms with Crippen LogP contribution in [0.3, 0.4) is 0 Å². The maximum Gasteiger partial charge on any atom is 0.246 e. The minimum absolute atomic E-state index is 0.000692. The Labute approximate surface area is 180 Å². The minimum atomic E-state index is -0.136. The van der Waals surface area contributed by atoms with Crippen molar-refractivity contribution in [2.75, 3.05) is 38.0 Å². The lowest BCUT2D eigenvalue weighted by Gasteiger charge is -2.34. The van der Waals surface area contributed by atoms with Crippen LogP contribution in [0.2, 0.25) is 5.02 Å². The number of carbonyl (C=O) groups is 2. The number of halogens is 1. The molecule has 30 heavy (non-hydrogen) atoms. The van der Waals surface area contributed by atoms with Crippen LogP contribution in [0.4, 0.5) is 11.4 Å². The number of hydrogen-bond acceptors (Lipinski definition) is 4. The number of hydrogen-bond donors (Lipinski definition) is 2. The van der Waals surface area contributed by atoms with Crippen molar-refractivity contribution in [1.29, 1.82) is 0 Å². The van der Waals surface area contributed by atoms with Gasteiger partial charge in [-0.25, -0.2) is 4.85 Å². The third-order valence-corrected chi connectivity index (χ3v) is 5.25. The molecule has 2 aromatic rings. The van der Waals surface area contributed by atoms with Crippen LogP contribution in [0, 0.1) is 6.57 Å². The summed E-state index contributed by atoms with van der Waals surface area (Å²) < 4.78 is 0. The summed E-state index contributed by atoms with van der Waals surface area (Å²) in [6, 6.07) is 10.1. The fourth-order valence-corrected chi connectivity index (χ4v) is 3.50. The first-order valence-electron chi connectivity index (χ1n) is 9.36. The van der Waals surface area contributed by atoms with Crippen LogP contribution in [0.25, 0.3) is 16.0 Å². The standard InChI is InChI=1S/C22H21ClN4O3/c1-3-21(29)26-8-10-27(11-9-26)22(30)14-25-19-12-17(18(23)13-20(19)28)15-4-6-16(24-2)7-5-15/h3-7,12-13,25,28H,1,8-11,14H2. The van der Waals surface area contributed by atoms with Gasteiger partial charge in [0.25, 0.3) is 0 Å². The smallest absolute Gasteiger partial charge is 0.246 e. The second kappa shape index (κ2) is 9.33. The lowest BCUT2D eigenvalue weighted by atomic mass is 10.0. The Morgan fingerprint density at radius 1 is 1.17 bits per heavy atom. The first kappa shape index (κ1) is 21.2. The molecule has 1 saturated heterocycles. The first-order valence-corrected chi connectivity index (χ1v) is 9.74. The molecule has 1 heterocycles. The Morgan fingerprint density at radius 3 is 2.40 bits per heavy atom. The number of nitrogens with zero attached hydrogens (tertiary/aromatic N) is 3. The van der Waals surface area contributed by atoms with E-state index >= 15 is 0 Å². The predicted molar refractivity (Wildman–Crippen MR) is 117 cm³/mol. The molecule has 8 heteroatoms. The number of phenols is 1. The molecule has 154 valence electrons. The van der Waals surface area contributed by atoms with E-state index in [-0.39, 0.29) is 24.1 Å². The van der Waals surface area contributed by atoms with Crippen molar-refractivity contribution in [1.82, 2.24) is 9.80 Å². The molecule has 0 aliphatic carbocycles. The van der Waals surface area contributed by atoms with E-state index in [1.165, 1.54) is 12.1 Å². The molecular formula is C22H21ClN4O3. The number of anilines is 1. The van der Waals surface area contributed by atoms with Crippen LogP contribution in [0.5, 0.6) is 5.75 Å². The van der Waals surface area contributed by atoms with Crippen molar-refractivity contribution in [3.05, 3.63) is 65.5 Å². The Kier molecular flexibility index (Phi) is 6.60. The van der Waals surface area contributed by atoms with Crippen molar-refractivity contribution in [3.8, 4) is 16.9 Å². The third-order valence-electron chi connectivity index (χ3n) is 4.94. The Balaban J connectivity index is 1.66. The van der Waals surface area contributed by atoms with Gasteiger partial charge >= 0.3 is 0 Å². The quantitative estimate of drug-likeness (QED) is 0.437. The summed E-state index contributed by atoms with van der Waals surface area (Å²) >= 11 is 6.28. The van der Waals surface area contributed by atoms with Gasteiger partial charge in [-0.1, -0.05) is 42.4 Å². The van der Waals surface area contributed by atoms with E-state index in [1.54, 1.807) is 40.1 Å². The SMILES string of the molecule is [C-]#[N+]c1ccc(-c2cc(NCC(=O)N3CCN(C(=O)C=C)CC3)c(O)cc2Cl)cc1. The number of piperazine rings is 1. The van der Waals surface area contributed by atoms with Crippen molar-refractivity contribution in [3.63, 3.8) is 0 Å². The molecule has 0 saturated carbocycles. The molecule has 0 unspecified atom stereocenters. The average molecular weight is 425 g/mol. The zero-order valence-corrected chi connectivity index (χ0v) is 17.0. The van der Waals surface area contributed by atoms with E-state index in [9.17, 15) is 14.7 Å². The number of amides is 2. The lowest BCUT2D eigenvalue weighted by molar-refractivity contribution is -0.135. The first-order chi connectivity index (χ1) is 14.4. The number of phenolic OH excluding ortho intramolecular Hbond substituents is 1. The molecule has 3 rings (SSSR count). The largest absolute Gasteiger partial charge is 0.506 e. The molecule has 2 amide bonds. The Bertz CT molecular complexity index is 1010. The molecule has 1 aliphatic heterocycles. The normalized spacial score (nSPS) is 13.5. The topological polar surface area (TPSA) is 77.2 Å². The Morgan fingerprint density at radius 2 is 1.80 bits per heavy atom. The summed E-state index contributed by atoms with van der Waals surface area (Å²) in [6.45, 7) is 12.3. The van der Waals surface area contributed by atoms with E-state index in [2.05, 4.69) is 16.7 Å². The van der Waals surface area contributed by atoms with Gasteiger partial charge in [0.05, 0.1) is 23.8 Å². The second-order valence-corrected chi connectivity index (χ2v) is 7.18. The fraction of sp³-hybridized carbons (Fsp3) is 0.227. The minimum Gasteiger partial charge on any atom is -0.506 e. The van der Waals surface area contributed by atoms with Gasteiger partial charge in [-0.3, -0.25) is 9.59 Å². The van der Waals surface area contributed by atoms with E-state index in [0.29, 0.717) is 48.1 Å². The number of aromatic hydroxyl groups is 1. The molecule has 0 aromatic heterocycles. The molecule has 0 spiro atoms. The Hall–Kier alpha value is -3.50. The molecule has 7 nitrogen and oxygen atoms in total. The highest BCUT2D eigenvalue weighted by molar-refractivity contribution is 6.33. The van der Waals surface area contributed by atoms with E-state index < -0.39 is 0 Å². The van der Waals surface area contributed by atoms with Gasteiger partial charge < -0.3 is 20.2 Å². The maximum absolute atomic E-state index is 12.5. The predicted octanol–water partition coefficient (Wildman–Crippen LogP) is 3.53. The highest BCUT2D eigenvalue weighted by atomic mass is 35.5. The molecule has 0 atom stereocenters. The van der Waals surface area contributed by atoms with E-state index in [1.807, 2.05) is 0 Å². The number of nitrogens with one attached hydrogen (secondary N) is 1. The summed E-state index contributed by atoms with van der Waals surface area (Å²) in [7, 11) is 0. The molecule has 0 bridgehead atoms. The molecule has 1 fully saturated rings. The molecule has 2 N–H and O–H groups in total. The average Bonchev–Trinajstić information content (AvgIpc) is 2.78. The summed E-state index contributed by atoms with van der Waals surface area (Å²) in [6.07, 6.45) is 1.27. The van der Waals surface area contributed by atoms with Crippen molar-refractivity contribution >= 4 is 34.8 Å². The van der Waals surface area contributed by atoms with Crippen LogP contribution >= 0.6 is 11.6 Å². The lowest BCUT2D eigenvalue weighted by Crippen LogP contribution is -2.51. The maximum atomic E-state index is 12.5. The third kappa shape index (κ3) is 4.73. The summed E-state index contributed by atoms with van der Waals surface area (Å²) in [5.74, 6) is -0.322. The summed E-state index contributed by atoms with van der Waals surface area (Å²) in [4.78, 5) is 30.9. The highest BCUT2D eigenvalue weighted by Gasteiger charge is 2.23. The summed E-state index contributed by atoms with van der Waals surface area (Å²) in [5, 5.41) is 13.6. The van der Waals surface area contributed by atoms with Crippen LogP contribution in [0.1, 0.15) is 0 Å². The second-order valence-electron chi connectivity index (χ2n) is 6.77. The molecule has 0 radical (unpaired) electrons. The van der Waals surface area contributed by atoms with Gasteiger partial charge in [-0.15, -0.1) is 0 Å². The van der Waals surface area contributed by atoms with Gasteiger partial charge in [-0.2, -0.15) is 0 Å². The van der Waals surface area contributed by atoms with Crippen molar-refractivity contribution < 1.29 is 14.7 Å². The van der Waals surface area contributed by atoms with Gasteiger partial charge in [0.2, 0.25) is 11.8 Å². The zero-order valence-electron chi connectivity index (χ0n) is 16.3. The highest BCUT2D eigenvalue weighted by Crippen LogP contribution is 2.37. The van der Waals surface area contributed by atoms with Crippen molar-refractivity contribution in [2.24, 2.45) is 0 Å². The van der Waals surface area contributed by atoms with Gasteiger partial charge in [0.1, 0.15) is 5.75 Å². The van der Waals surface area contributed by atoms with Gasteiger partial charge in [0.15, 0.2) is 5.69 Å². The zero-order chi connectivity index (χ0) is 21.7. The van der Waals surface area contributed by atoms with E-state index in [0.717, 1.165) is 5.56 Å². The number of carbonyl (C=O) groups excluding carboxylic acids is 2. The van der Waals surface area contributed by atoms with Crippen LogP contribution in [-0.4, -0.2) is 59.4 Å². The van der Waals surface area contributed by atoms with Gasteiger partial charge in [-0.05, 0) is 17.7 Å². The van der Waals surface area contributed by atoms with E-state index in [4.69, 9.17) is 18.2 Å². The van der Waals surface area contributed by atoms with Crippen molar-refractivity contribution in [2.45, 2.75) is 0 Å². The fourth-order valence-electron chi connectivity index (χ4n) is 3.23. The number of benzene rings is 2.